The standard InChI is InChI=1S/C25H28N2O4/c1-25(24(29)30-2)17-22(26-31-25)20-10-6-7-11-21(20)23(28)27-14-12-19(13-15-27)16-18-8-4-3-5-9-18/h3-11,17,19,26H,12-16H2,1-2H3. The van der Waals surface area contributed by atoms with Crippen LogP contribution < -0.4 is 5.48 Å². The van der Waals surface area contributed by atoms with E-state index in [-0.39, 0.29) is 5.91 Å². The fraction of sp³-hybridized carbons (Fsp3) is 0.360. The molecule has 1 saturated heterocycles. The Morgan fingerprint density at radius 1 is 1.10 bits per heavy atom. The van der Waals surface area contributed by atoms with E-state index in [0.717, 1.165) is 32.4 Å². The second-order valence-electron chi connectivity index (χ2n) is 8.33. The van der Waals surface area contributed by atoms with E-state index in [2.05, 4.69) is 29.7 Å². The Balaban J connectivity index is 1.46. The minimum Gasteiger partial charge on any atom is -0.467 e. The molecule has 4 rings (SSSR count). The Hall–Kier alpha value is -3.12. The van der Waals surface area contributed by atoms with Crippen LogP contribution in [0.4, 0.5) is 0 Å². The van der Waals surface area contributed by atoms with Crippen molar-refractivity contribution in [2.45, 2.75) is 31.8 Å². The highest BCUT2D eigenvalue weighted by atomic mass is 16.7. The van der Waals surface area contributed by atoms with Gasteiger partial charge in [0.25, 0.3) is 5.91 Å². The van der Waals surface area contributed by atoms with Crippen LogP contribution in [-0.4, -0.2) is 42.6 Å². The Labute approximate surface area is 182 Å². The molecular formula is C25H28N2O4. The lowest BCUT2D eigenvalue weighted by Crippen LogP contribution is -2.39. The molecule has 162 valence electrons. The lowest BCUT2D eigenvalue weighted by Gasteiger charge is -2.32. The van der Waals surface area contributed by atoms with Crippen LogP contribution in [0.15, 0.2) is 60.7 Å². The van der Waals surface area contributed by atoms with Gasteiger partial charge in [0.05, 0.1) is 12.8 Å². The monoisotopic (exact) mass is 420 g/mol. The van der Waals surface area contributed by atoms with E-state index >= 15 is 0 Å². The van der Waals surface area contributed by atoms with Crippen molar-refractivity contribution in [3.63, 3.8) is 0 Å². The number of hydrogen-bond donors (Lipinski definition) is 1. The molecular weight excluding hydrogens is 392 g/mol. The number of carbonyl (C=O) groups is 2. The predicted octanol–water partition coefficient (Wildman–Crippen LogP) is 3.59. The fourth-order valence-electron chi connectivity index (χ4n) is 4.29. The number of ether oxygens (including phenoxy) is 1. The summed E-state index contributed by atoms with van der Waals surface area (Å²) < 4.78 is 4.82. The molecule has 31 heavy (non-hydrogen) atoms. The van der Waals surface area contributed by atoms with Gasteiger partial charge in [-0.15, -0.1) is 0 Å². The molecule has 0 spiro atoms. The highest BCUT2D eigenvalue weighted by Gasteiger charge is 2.40. The molecule has 2 aliphatic heterocycles. The van der Waals surface area contributed by atoms with E-state index in [0.29, 0.717) is 22.7 Å². The SMILES string of the molecule is COC(=O)C1(C)C=C(c2ccccc2C(=O)N2CCC(Cc3ccccc3)CC2)NO1. The number of amides is 1. The molecule has 0 aromatic heterocycles. The molecule has 2 aromatic rings. The second-order valence-corrected chi connectivity index (χ2v) is 8.33. The summed E-state index contributed by atoms with van der Waals surface area (Å²) >= 11 is 0. The first-order chi connectivity index (χ1) is 15.0. The number of rotatable bonds is 5. The number of likely N-dealkylation sites (tertiary alicyclic amines) is 1. The molecule has 6 heteroatoms. The van der Waals surface area contributed by atoms with Gasteiger partial charge in [0.1, 0.15) is 0 Å². The van der Waals surface area contributed by atoms with Crippen molar-refractivity contribution in [2.24, 2.45) is 5.92 Å². The number of methoxy groups -OCH3 is 1. The summed E-state index contributed by atoms with van der Waals surface area (Å²) in [4.78, 5) is 32.8. The van der Waals surface area contributed by atoms with E-state index in [9.17, 15) is 9.59 Å². The van der Waals surface area contributed by atoms with Crippen LogP contribution in [0.3, 0.4) is 0 Å². The number of piperidine rings is 1. The van der Waals surface area contributed by atoms with Crippen molar-refractivity contribution < 1.29 is 19.2 Å². The van der Waals surface area contributed by atoms with Gasteiger partial charge in [-0.05, 0) is 49.8 Å². The van der Waals surface area contributed by atoms with Crippen molar-refractivity contribution >= 4 is 17.6 Å². The summed E-state index contributed by atoms with van der Waals surface area (Å²) in [6.45, 7) is 3.11. The first-order valence-corrected chi connectivity index (χ1v) is 10.7. The largest absolute Gasteiger partial charge is 0.467 e. The summed E-state index contributed by atoms with van der Waals surface area (Å²) in [5.41, 5.74) is 4.83. The van der Waals surface area contributed by atoms with Crippen molar-refractivity contribution in [3.05, 3.63) is 77.4 Å². The number of hydrogen-bond acceptors (Lipinski definition) is 5. The van der Waals surface area contributed by atoms with E-state index < -0.39 is 11.6 Å². The molecule has 6 nitrogen and oxygen atoms in total. The van der Waals surface area contributed by atoms with Crippen LogP contribution in [0.5, 0.6) is 0 Å². The Bertz CT molecular complexity index is 980. The number of nitrogens with one attached hydrogen (secondary N) is 1. The maximum atomic E-state index is 13.3. The lowest BCUT2D eigenvalue weighted by molar-refractivity contribution is -0.163. The molecule has 1 fully saturated rings. The number of carbonyl (C=O) groups excluding carboxylic acids is 2. The van der Waals surface area contributed by atoms with Gasteiger partial charge in [0, 0.05) is 24.2 Å². The van der Waals surface area contributed by atoms with Crippen molar-refractivity contribution in [1.29, 1.82) is 0 Å². The molecule has 1 atom stereocenters. The average molecular weight is 421 g/mol. The Kier molecular flexibility index (Phi) is 6.09. The maximum absolute atomic E-state index is 13.3. The number of esters is 1. The molecule has 0 saturated carbocycles. The zero-order valence-electron chi connectivity index (χ0n) is 18.0. The Morgan fingerprint density at radius 2 is 1.77 bits per heavy atom. The highest BCUT2D eigenvalue weighted by molar-refractivity contribution is 6.00. The molecule has 0 radical (unpaired) electrons. The molecule has 2 aliphatic rings. The highest BCUT2D eigenvalue weighted by Crippen LogP contribution is 2.30. The third-order valence-corrected chi connectivity index (χ3v) is 6.10. The van der Waals surface area contributed by atoms with Crippen LogP contribution in [-0.2, 0) is 20.8 Å². The zero-order chi connectivity index (χ0) is 21.8. The van der Waals surface area contributed by atoms with Crippen molar-refractivity contribution in [1.82, 2.24) is 10.4 Å². The summed E-state index contributed by atoms with van der Waals surface area (Å²) in [6, 6.07) is 17.9. The minimum absolute atomic E-state index is 0.00290. The minimum atomic E-state index is -1.23. The van der Waals surface area contributed by atoms with Crippen LogP contribution in [0.25, 0.3) is 5.70 Å². The normalized spacial score (nSPS) is 21.4. The quantitative estimate of drug-likeness (QED) is 0.749. The van der Waals surface area contributed by atoms with Gasteiger partial charge >= 0.3 is 5.97 Å². The van der Waals surface area contributed by atoms with Gasteiger partial charge < -0.3 is 9.64 Å². The summed E-state index contributed by atoms with van der Waals surface area (Å²) in [5, 5.41) is 0. The number of hydroxylamine groups is 1. The van der Waals surface area contributed by atoms with Gasteiger partial charge in [0.2, 0.25) is 5.60 Å². The van der Waals surface area contributed by atoms with Gasteiger partial charge in [-0.3, -0.25) is 15.1 Å². The van der Waals surface area contributed by atoms with Crippen LogP contribution >= 0.6 is 0 Å². The molecule has 0 aliphatic carbocycles. The van der Waals surface area contributed by atoms with Crippen molar-refractivity contribution in [3.8, 4) is 0 Å². The molecule has 1 unspecified atom stereocenters. The van der Waals surface area contributed by atoms with E-state index in [1.165, 1.54) is 12.7 Å². The first-order valence-electron chi connectivity index (χ1n) is 10.7. The van der Waals surface area contributed by atoms with E-state index in [4.69, 9.17) is 9.57 Å². The van der Waals surface area contributed by atoms with Gasteiger partial charge in [0.15, 0.2) is 0 Å². The molecule has 0 bridgehead atoms. The lowest BCUT2D eigenvalue weighted by atomic mass is 9.89. The topological polar surface area (TPSA) is 67.9 Å². The van der Waals surface area contributed by atoms with Crippen LogP contribution in [0.2, 0.25) is 0 Å². The predicted molar refractivity (Wildman–Crippen MR) is 118 cm³/mol. The summed E-state index contributed by atoms with van der Waals surface area (Å²) in [6.07, 6.45) is 4.71. The van der Waals surface area contributed by atoms with Crippen LogP contribution in [0.1, 0.15) is 41.3 Å². The van der Waals surface area contributed by atoms with Crippen molar-refractivity contribution in [2.75, 3.05) is 20.2 Å². The third-order valence-electron chi connectivity index (χ3n) is 6.10. The number of nitrogens with zero attached hydrogens (tertiary/aromatic N) is 1. The molecule has 2 heterocycles. The van der Waals surface area contributed by atoms with Crippen LogP contribution in [0, 0.1) is 5.92 Å². The Morgan fingerprint density at radius 3 is 2.48 bits per heavy atom. The maximum Gasteiger partial charge on any atom is 0.344 e. The summed E-state index contributed by atoms with van der Waals surface area (Å²) in [5.74, 6) is 0.0949. The summed E-state index contributed by atoms with van der Waals surface area (Å²) in [7, 11) is 1.32. The van der Waals surface area contributed by atoms with E-state index in [1.807, 2.05) is 35.2 Å². The van der Waals surface area contributed by atoms with E-state index in [1.54, 1.807) is 13.0 Å². The average Bonchev–Trinajstić information content (AvgIpc) is 3.22. The second kappa shape index (κ2) is 8.94. The molecule has 1 N–H and O–H groups in total. The molecule has 2 aromatic carbocycles. The van der Waals surface area contributed by atoms with Gasteiger partial charge in [-0.2, -0.15) is 0 Å². The fourth-order valence-corrected chi connectivity index (χ4v) is 4.29. The first kappa shape index (κ1) is 21.1. The third kappa shape index (κ3) is 4.49. The van der Waals surface area contributed by atoms with Gasteiger partial charge in [-0.1, -0.05) is 48.5 Å². The number of benzene rings is 2. The zero-order valence-corrected chi connectivity index (χ0v) is 18.0. The molecule has 1 amide bonds. The van der Waals surface area contributed by atoms with Gasteiger partial charge in [-0.25, -0.2) is 4.79 Å². The smallest absolute Gasteiger partial charge is 0.344 e.